The molecule has 1 aromatic rings. The molecule has 1 aliphatic heterocycles. The first-order valence-corrected chi connectivity index (χ1v) is 5.92. The molecule has 0 amide bonds. The molecule has 1 saturated carbocycles. The van der Waals surface area contributed by atoms with Gasteiger partial charge in [-0.05, 0) is 30.5 Å². The summed E-state index contributed by atoms with van der Waals surface area (Å²) in [4.78, 5) is 0. The number of fused-ring (bicyclic) bond motifs is 1. The van der Waals surface area contributed by atoms with Crippen LogP contribution in [0.15, 0.2) is 18.2 Å². The summed E-state index contributed by atoms with van der Waals surface area (Å²) < 4.78 is 16.5. The van der Waals surface area contributed by atoms with Crippen molar-refractivity contribution in [2.45, 2.75) is 38.4 Å². The standard InChI is InChI=1S/C13H16O3/c1-2-4-11(3-1)14-8-10-5-6-12-13(7-10)16-9-15-12/h5-7,11H,1-4,8-9H2. The monoisotopic (exact) mass is 220 g/mol. The number of hydrogen-bond donors (Lipinski definition) is 0. The zero-order valence-electron chi connectivity index (χ0n) is 9.28. The molecule has 1 aromatic carbocycles. The Balaban J connectivity index is 1.61. The first kappa shape index (κ1) is 9.97. The average molecular weight is 220 g/mol. The van der Waals surface area contributed by atoms with Gasteiger partial charge in [0.2, 0.25) is 6.79 Å². The van der Waals surface area contributed by atoms with E-state index in [-0.39, 0.29) is 0 Å². The maximum absolute atomic E-state index is 5.85. The third kappa shape index (κ3) is 2.00. The van der Waals surface area contributed by atoms with Gasteiger partial charge in [-0.1, -0.05) is 18.9 Å². The van der Waals surface area contributed by atoms with Crippen LogP contribution >= 0.6 is 0 Å². The Hall–Kier alpha value is -1.22. The molecule has 0 bridgehead atoms. The summed E-state index contributed by atoms with van der Waals surface area (Å²) in [5, 5.41) is 0. The molecule has 0 saturated heterocycles. The van der Waals surface area contributed by atoms with Gasteiger partial charge in [0.25, 0.3) is 0 Å². The molecule has 0 spiro atoms. The van der Waals surface area contributed by atoms with Crippen molar-refractivity contribution in [2.24, 2.45) is 0 Å². The molecule has 0 aromatic heterocycles. The van der Waals surface area contributed by atoms with Gasteiger partial charge in [-0.25, -0.2) is 0 Å². The lowest BCUT2D eigenvalue weighted by Gasteiger charge is -2.11. The molecule has 3 heteroatoms. The van der Waals surface area contributed by atoms with Gasteiger partial charge in [0.1, 0.15) is 0 Å². The Bertz CT molecular complexity index is 369. The first-order chi connectivity index (χ1) is 7.92. The van der Waals surface area contributed by atoms with Gasteiger partial charge < -0.3 is 14.2 Å². The third-order valence-electron chi connectivity index (χ3n) is 3.22. The van der Waals surface area contributed by atoms with Crippen LogP contribution in [0.5, 0.6) is 11.5 Å². The van der Waals surface area contributed by atoms with Gasteiger partial charge in [0, 0.05) is 0 Å². The van der Waals surface area contributed by atoms with Crippen molar-refractivity contribution in [3.8, 4) is 11.5 Å². The Morgan fingerprint density at radius 2 is 1.94 bits per heavy atom. The Labute approximate surface area is 95.3 Å². The fraction of sp³-hybridized carbons (Fsp3) is 0.538. The molecule has 0 radical (unpaired) electrons. The van der Waals surface area contributed by atoms with E-state index in [0.717, 1.165) is 17.1 Å². The van der Waals surface area contributed by atoms with Crippen molar-refractivity contribution in [2.75, 3.05) is 6.79 Å². The lowest BCUT2D eigenvalue weighted by atomic mass is 10.2. The zero-order valence-corrected chi connectivity index (χ0v) is 9.28. The van der Waals surface area contributed by atoms with Crippen molar-refractivity contribution in [1.29, 1.82) is 0 Å². The van der Waals surface area contributed by atoms with Crippen molar-refractivity contribution in [1.82, 2.24) is 0 Å². The normalized spacial score (nSPS) is 19.2. The molecule has 0 N–H and O–H groups in total. The first-order valence-electron chi connectivity index (χ1n) is 5.92. The summed E-state index contributed by atoms with van der Waals surface area (Å²) in [6.07, 6.45) is 5.51. The highest BCUT2D eigenvalue weighted by molar-refractivity contribution is 5.44. The number of rotatable bonds is 3. The second-order valence-corrected chi connectivity index (χ2v) is 4.41. The van der Waals surface area contributed by atoms with Crippen LogP contribution in [-0.4, -0.2) is 12.9 Å². The van der Waals surface area contributed by atoms with Gasteiger partial charge in [0.05, 0.1) is 12.7 Å². The number of hydrogen-bond acceptors (Lipinski definition) is 3. The van der Waals surface area contributed by atoms with Crippen LogP contribution in [0.25, 0.3) is 0 Å². The van der Waals surface area contributed by atoms with Crippen LogP contribution in [0, 0.1) is 0 Å². The summed E-state index contributed by atoms with van der Waals surface area (Å²) in [7, 11) is 0. The summed E-state index contributed by atoms with van der Waals surface area (Å²) in [5.41, 5.74) is 1.16. The minimum absolute atomic E-state index is 0.336. The average Bonchev–Trinajstić information content (AvgIpc) is 2.97. The second-order valence-electron chi connectivity index (χ2n) is 4.41. The summed E-state index contributed by atoms with van der Waals surface area (Å²) in [5.74, 6) is 1.68. The molecule has 2 aliphatic rings. The lowest BCUT2D eigenvalue weighted by Crippen LogP contribution is -2.06. The van der Waals surface area contributed by atoms with Crippen LogP contribution in [0.2, 0.25) is 0 Å². The second kappa shape index (κ2) is 4.34. The molecular weight excluding hydrogens is 204 g/mol. The van der Waals surface area contributed by atoms with E-state index < -0.39 is 0 Å². The topological polar surface area (TPSA) is 27.7 Å². The van der Waals surface area contributed by atoms with Crippen LogP contribution < -0.4 is 9.47 Å². The maximum Gasteiger partial charge on any atom is 0.231 e. The van der Waals surface area contributed by atoms with E-state index in [1.807, 2.05) is 18.2 Å². The predicted octanol–water partition coefficient (Wildman–Crippen LogP) is 2.87. The molecule has 1 aliphatic carbocycles. The van der Waals surface area contributed by atoms with E-state index in [4.69, 9.17) is 14.2 Å². The minimum Gasteiger partial charge on any atom is -0.454 e. The van der Waals surface area contributed by atoms with Gasteiger partial charge in [-0.3, -0.25) is 0 Å². The van der Waals surface area contributed by atoms with E-state index in [1.54, 1.807) is 0 Å². The van der Waals surface area contributed by atoms with E-state index in [9.17, 15) is 0 Å². The van der Waals surface area contributed by atoms with Crippen LogP contribution in [-0.2, 0) is 11.3 Å². The number of benzene rings is 1. The molecule has 3 rings (SSSR count). The highest BCUT2D eigenvalue weighted by Gasteiger charge is 2.17. The Kier molecular flexibility index (Phi) is 2.70. The van der Waals surface area contributed by atoms with Crippen molar-refractivity contribution >= 4 is 0 Å². The zero-order chi connectivity index (χ0) is 10.8. The smallest absolute Gasteiger partial charge is 0.231 e. The highest BCUT2D eigenvalue weighted by atomic mass is 16.7. The molecule has 16 heavy (non-hydrogen) atoms. The molecule has 1 heterocycles. The largest absolute Gasteiger partial charge is 0.454 e. The third-order valence-corrected chi connectivity index (χ3v) is 3.22. The van der Waals surface area contributed by atoms with Gasteiger partial charge >= 0.3 is 0 Å². The summed E-state index contributed by atoms with van der Waals surface area (Å²) >= 11 is 0. The predicted molar refractivity (Wildman–Crippen MR) is 59.6 cm³/mol. The molecule has 3 nitrogen and oxygen atoms in total. The number of ether oxygens (including phenoxy) is 3. The van der Waals surface area contributed by atoms with E-state index in [1.165, 1.54) is 25.7 Å². The molecule has 0 unspecified atom stereocenters. The minimum atomic E-state index is 0.336. The highest BCUT2D eigenvalue weighted by Crippen LogP contribution is 2.33. The molecule has 0 atom stereocenters. The quantitative estimate of drug-likeness (QED) is 0.784. The molecular formula is C13H16O3. The molecule has 1 fully saturated rings. The SMILES string of the molecule is c1cc2c(cc1COC1CCCC1)OCO2. The fourth-order valence-electron chi connectivity index (χ4n) is 2.30. The van der Waals surface area contributed by atoms with Crippen LogP contribution in [0.4, 0.5) is 0 Å². The van der Waals surface area contributed by atoms with Crippen LogP contribution in [0.1, 0.15) is 31.2 Å². The van der Waals surface area contributed by atoms with Crippen LogP contribution in [0.3, 0.4) is 0 Å². The van der Waals surface area contributed by atoms with E-state index in [2.05, 4.69) is 0 Å². The fourth-order valence-corrected chi connectivity index (χ4v) is 2.30. The van der Waals surface area contributed by atoms with Crippen molar-refractivity contribution in [3.63, 3.8) is 0 Å². The van der Waals surface area contributed by atoms with E-state index >= 15 is 0 Å². The molecule has 86 valence electrons. The lowest BCUT2D eigenvalue weighted by molar-refractivity contribution is 0.0456. The van der Waals surface area contributed by atoms with Gasteiger partial charge in [-0.15, -0.1) is 0 Å². The van der Waals surface area contributed by atoms with E-state index in [0.29, 0.717) is 19.5 Å². The van der Waals surface area contributed by atoms with Crippen molar-refractivity contribution in [3.05, 3.63) is 23.8 Å². The summed E-state index contributed by atoms with van der Waals surface area (Å²) in [6, 6.07) is 6.01. The van der Waals surface area contributed by atoms with Crippen molar-refractivity contribution < 1.29 is 14.2 Å². The Morgan fingerprint density at radius 3 is 2.81 bits per heavy atom. The van der Waals surface area contributed by atoms with Gasteiger partial charge in [-0.2, -0.15) is 0 Å². The maximum atomic E-state index is 5.85. The Morgan fingerprint density at radius 1 is 1.12 bits per heavy atom. The summed E-state index contributed by atoms with van der Waals surface area (Å²) in [6.45, 7) is 1.02. The van der Waals surface area contributed by atoms with Gasteiger partial charge in [0.15, 0.2) is 11.5 Å².